The van der Waals surface area contributed by atoms with Gasteiger partial charge in [-0.25, -0.2) is 0 Å². The van der Waals surface area contributed by atoms with Crippen molar-refractivity contribution < 1.29 is 4.74 Å². The molecule has 0 saturated carbocycles. The van der Waals surface area contributed by atoms with Crippen molar-refractivity contribution in [3.63, 3.8) is 0 Å². The molecule has 1 heterocycles. The van der Waals surface area contributed by atoms with Crippen LogP contribution < -0.4 is 15.8 Å². The molecule has 1 atom stereocenters. The molecule has 1 aromatic rings. The van der Waals surface area contributed by atoms with E-state index in [0.29, 0.717) is 12.6 Å². The van der Waals surface area contributed by atoms with Crippen LogP contribution in [0.4, 0.5) is 5.69 Å². The number of piperazine rings is 1. The monoisotopic (exact) mass is 263 g/mol. The molecule has 4 nitrogen and oxygen atoms in total. The van der Waals surface area contributed by atoms with Gasteiger partial charge in [0.1, 0.15) is 5.75 Å². The quantitative estimate of drug-likeness (QED) is 0.791. The van der Waals surface area contributed by atoms with Crippen LogP contribution in [0, 0.1) is 0 Å². The van der Waals surface area contributed by atoms with Gasteiger partial charge in [0.15, 0.2) is 0 Å². The van der Waals surface area contributed by atoms with E-state index < -0.39 is 0 Å². The largest absolute Gasteiger partial charge is 0.492 e. The third-order valence-corrected chi connectivity index (χ3v) is 3.68. The Morgan fingerprint density at radius 2 is 2.11 bits per heavy atom. The molecular formula is C15H25N3O. The van der Waals surface area contributed by atoms with Gasteiger partial charge < -0.3 is 15.8 Å². The fourth-order valence-electron chi connectivity index (χ4n) is 2.60. The van der Waals surface area contributed by atoms with Gasteiger partial charge in [0, 0.05) is 32.2 Å². The summed E-state index contributed by atoms with van der Waals surface area (Å²) >= 11 is 0. The van der Waals surface area contributed by atoms with E-state index in [1.165, 1.54) is 5.56 Å². The van der Waals surface area contributed by atoms with Crippen LogP contribution in [-0.4, -0.2) is 43.7 Å². The zero-order chi connectivity index (χ0) is 13.7. The maximum atomic E-state index is 6.01. The number of benzene rings is 1. The highest BCUT2D eigenvalue weighted by Gasteiger charge is 2.16. The van der Waals surface area contributed by atoms with Crippen LogP contribution in [0.3, 0.4) is 0 Å². The van der Waals surface area contributed by atoms with Gasteiger partial charge in [0.05, 0.1) is 12.3 Å². The number of nitrogens with two attached hydrogens (primary N) is 1. The SMILES string of the molecule is CCOc1ccc(CC(C)N2CCNCC2)cc1N. The average Bonchev–Trinajstić information content (AvgIpc) is 2.43. The number of ether oxygens (including phenoxy) is 1. The number of hydrogen-bond acceptors (Lipinski definition) is 4. The van der Waals surface area contributed by atoms with E-state index in [-0.39, 0.29) is 0 Å². The number of anilines is 1. The Hall–Kier alpha value is -1.26. The van der Waals surface area contributed by atoms with Gasteiger partial charge in [-0.1, -0.05) is 6.07 Å². The molecular weight excluding hydrogens is 238 g/mol. The molecule has 0 spiro atoms. The maximum Gasteiger partial charge on any atom is 0.142 e. The standard InChI is InChI=1S/C15H25N3O/c1-3-19-15-5-4-13(11-14(15)16)10-12(2)18-8-6-17-7-9-18/h4-5,11-12,17H,3,6-10,16H2,1-2H3. The van der Waals surface area contributed by atoms with Gasteiger partial charge in [0.2, 0.25) is 0 Å². The lowest BCUT2D eigenvalue weighted by atomic mass is 10.0. The highest BCUT2D eigenvalue weighted by Crippen LogP contribution is 2.23. The molecule has 0 bridgehead atoms. The summed E-state index contributed by atoms with van der Waals surface area (Å²) in [6, 6.07) is 6.71. The normalized spacial score (nSPS) is 18.2. The minimum Gasteiger partial charge on any atom is -0.492 e. The van der Waals surface area contributed by atoms with Gasteiger partial charge in [-0.05, 0) is 38.0 Å². The third kappa shape index (κ3) is 3.85. The first kappa shape index (κ1) is 14.2. The lowest BCUT2D eigenvalue weighted by Gasteiger charge is -2.33. The van der Waals surface area contributed by atoms with Gasteiger partial charge in [0.25, 0.3) is 0 Å². The molecule has 0 amide bonds. The van der Waals surface area contributed by atoms with Crippen LogP contribution >= 0.6 is 0 Å². The summed E-state index contributed by atoms with van der Waals surface area (Å²) in [6.07, 6.45) is 1.04. The molecule has 3 N–H and O–H groups in total. The molecule has 4 heteroatoms. The van der Waals surface area contributed by atoms with E-state index in [0.717, 1.165) is 44.0 Å². The Kier molecular flexibility index (Phi) is 5.05. The van der Waals surface area contributed by atoms with Crippen LogP contribution in [0.5, 0.6) is 5.75 Å². The molecule has 1 unspecified atom stereocenters. The van der Waals surface area contributed by atoms with Crippen molar-refractivity contribution >= 4 is 5.69 Å². The number of hydrogen-bond donors (Lipinski definition) is 2. The zero-order valence-corrected chi connectivity index (χ0v) is 12.0. The fourth-order valence-corrected chi connectivity index (χ4v) is 2.60. The molecule has 0 radical (unpaired) electrons. The van der Waals surface area contributed by atoms with Gasteiger partial charge >= 0.3 is 0 Å². The first-order valence-electron chi connectivity index (χ1n) is 7.16. The minimum absolute atomic E-state index is 0.555. The zero-order valence-electron chi connectivity index (χ0n) is 12.0. The number of nitrogens with one attached hydrogen (secondary N) is 1. The van der Waals surface area contributed by atoms with E-state index in [2.05, 4.69) is 23.2 Å². The molecule has 0 aromatic heterocycles. The van der Waals surface area contributed by atoms with Crippen molar-refractivity contribution in [1.82, 2.24) is 10.2 Å². The Morgan fingerprint density at radius 3 is 2.74 bits per heavy atom. The molecule has 0 aliphatic carbocycles. The summed E-state index contributed by atoms with van der Waals surface area (Å²) in [5.74, 6) is 0.793. The predicted octanol–water partition coefficient (Wildman–Crippen LogP) is 1.50. The van der Waals surface area contributed by atoms with E-state index in [4.69, 9.17) is 10.5 Å². The highest BCUT2D eigenvalue weighted by molar-refractivity contribution is 5.54. The first-order valence-corrected chi connectivity index (χ1v) is 7.16. The summed E-state index contributed by atoms with van der Waals surface area (Å²) in [6.45, 7) is 9.37. The minimum atomic E-state index is 0.555. The van der Waals surface area contributed by atoms with Gasteiger partial charge in [-0.2, -0.15) is 0 Å². The Morgan fingerprint density at radius 1 is 1.37 bits per heavy atom. The molecule has 1 saturated heterocycles. The molecule has 2 rings (SSSR count). The smallest absolute Gasteiger partial charge is 0.142 e. The van der Waals surface area contributed by atoms with E-state index in [1.807, 2.05) is 19.1 Å². The average molecular weight is 263 g/mol. The maximum absolute atomic E-state index is 6.01. The second-order valence-electron chi connectivity index (χ2n) is 5.14. The molecule has 106 valence electrons. The molecule has 1 aromatic carbocycles. The van der Waals surface area contributed by atoms with Gasteiger partial charge in [-0.15, -0.1) is 0 Å². The Balaban J connectivity index is 1.96. The van der Waals surface area contributed by atoms with Crippen molar-refractivity contribution in [2.75, 3.05) is 38.5 Å². The molecule has 1 aliphatic heterocycles. The predicted molar refractivity (Wildman–Crippen MR) is 79.6 cm³/mol. The Bertz CT molecular complexity index is 402. The van der Waals surface area contributed by atoms with Crippen molar-refractivity contribution in [3.05, 3.63) is 23.8 Å². The van der Waals surface area contributed by atoms with Crippen LogP contribution in [0.1, 0.15) is 19.4 Å². The van der Waals surface area contributed by atoms with Crippen molar-refractivity contribution in [3.8, 4) is 5.75 Å². The molecule has 19 heavy (non-hydrogen) atoms. The van der Waals surface area contributed by atoms with E-state index in [1.54, 1.807) is 0 Å². The van der Waals surface area contributed by atoms with Crippen molar-refractivity contribution in [2.45, 2.75) is 26.3 Å². The fraction of sp³-hybridized carbons (Fsp3) is 0.600. The summed E-state index contributed by atoms with van der Waals surface area (Å²) < 4.78 is 5.47. The van der Waals surface area contributed by atoms with Gasteiger partial charge in [-0.3, -0.25) is 4.90 Å². The third-order valence-electron chi connectivity index (χ3n) is 3.68. The van der Waals surface area contributed by atoms with Crippen LogP contribution in [0.25, 0.3) is 0 Å². The Labute approximate surface area is 115 Å². The lowest BCUT2D eigenvalue weighted by Crippen LogP contribution is -2.48. The lowest BCUT2D eigenvalue weighted by molar-refractivity contribution is 0.183. The number of rotatable bonds is 5. The van der Waals surface area contributed by atoms with Crippen LogP contribution in [0.2, 0.25) is 0 Å². The first-order chi connectivity index (χ1) is 9.20. The number of nitrogen functional groups attached to an aromatic ring is 1. The van der Waals surface area contributed by atoms with Crippen molar-refractivity contribution in [1.29, 1.82) is 0 Å². The summed E-state index contributed by atoms with van der Waals surface area (Å²) in [5, 5.41) is 3.39. The second kappa shape index (κ2) is 6.78. The van der Waals surface area contributed by atoms with E-state index in [9.17, 15) is 0 Å². The van der Waals surface area contributed by atoms with Crippen LogP contribution in [-0.2, 0) is 6.42 Å². The molecule has 1 fully saturated rings. The summed E-state index contributed by atoms with van der Waals surface area (Å²) in [4.78, 5) is 2.53. The number of nitrogens with zero attached hydrogens (tertiary/aromatic N) is 1. The topological polar surface area (TPSA) is 50.5 Å². The van der Waals surface area contributed by atoms with Crippen molar-refractivity contribution in [2.24, 2.45) is 0 Å². The molecule has 1 aliphatic rings. The van der Waals surface area contributed by atoms with E-state index >= 15 is 0 Å². The van der Waals surface area contributed by atoms with Crippen LogP contribution in [0.15, 0.2) is 18.2 Å². The summed E-state index contributed by atoms with van der Waals surface area (Å²) in [7, 11) is 0. The summed E-state index contributed by atoms with van der Waals surface area (Å²) in [5.41, 5.74) is 8.04. The second-order valence-corrected chi connectivity index (χ2v) is 5.14. The highest BCUT2D eigenvalue weighted by atomic mass is 16.5.